The van der Waals surface area contributed by atoms with E-state index in [1.54, 1.807) is 12.1 Å². The Morgan fingerprint density at radius 2 is 1.62 bits per heavy atom. The van der Waals surface area contributed by atoms with Crippen LogP contribution < -0.4 is 13.7 Å². The fraction of sp³-hybridized carbons (Fsp3) is 0.294. The minimum absolute atomic E-state index is 0.0133. The first-order chi connectivity index (χ1) is 11.4. The van der Waals surface area contributed by atoms with Crippen molar-refractivity contribution >= 4 is 26.0 Å². The molecule has 0 bridgehead atoms. The second kappa shape index (κ2) is 6.64. The van der Waals surface area contributed by atoms with Crippen LogP contribution >= 0.6 is 15.9 Å². The Balaban J connectivity index is 1.96. The summed E-state index contributed by atoms with van der Waals surface area (Å²) in [6, 6.07) is 8.34. The first-order valence-electron chi connectivity index (χ1n) is 7.42. The molecular weight excluding hydrogens is 396 g/mol. The predicted molar refractivity (Wildman–Crippen MR) is 93.5 cm³/mol. The molecule has 0 atom stereocenters. The van der Waals surface area contributed by atoms with E-state index in [0.717, 1.165) is 24.8 Å². The summed E-state index contributed by atoms with van der Waals surface area (Å²) in [5, 5.41) is 0. The van der Waals surface area contributed by atoms with E-state index >= 15 is 0 Å². The maximum atomic E-state index is 12.6. The summed E-state index contributed by atoms with van der Waals surface area (Å²) in [7, 11) is -1.07. The van der Waals surface area contributed by atoms with Gasteiger partial charge in [-0.25, -0.2) is 0 Å². The summed E-state index contributed by atoms with van der Waals surface area (Å²) in [4.78, 5) is -0.0133. The summed E-state index contributed by atoms with van der Waals surface area (Å²) in [6.45, 7) is 0. The van der Waals surface area contributed by atoms with Crippen molar-refractivity contribution in [3.05, 3.63) is 45.9 Å². The first-order valence-corrected chi connectivity index (χ1v) is 9.62. The lowest BCUT2D eigenvalue weighted by molar-refractivity contribution is 0.353. The van der Waals surface area contributed by atoms with Gasteiger partial charge in [0.1, 0.15) is 10.6 Å². The number of hydrogen-bond acceptors (Lipinski definition) is 5. The van der Waals surface area contributed by atoms with Gasteiger partial charge in [0, 0.05) is 10.5 Å². The van der Waals surface area contributed by atoms with E-state index in [0.29, 0.717) is 21.7 Å². The monoisotopic (exact) mass is 412 g/mol. The zero-order chi connectivity index (χ0) is 17.3. The van der Waals surface area contributed by atoms with E-state index in [9.17, 15) is 8.42 Å². The Bertz CT molecular complexity index is 877. The average molecular weight is 413 g/mol. The van der Waals surface area contributed by atoms with Crippen LogP contribution in [-0.2, 0) is 23.0 Å². The van der Waals surface area contributed by atoms with Crippen LogP contribution in [0.2, 0.25) is 0 Å². The van der Waals surface area contributed by atoms with Crippen LogP contribution in [0.25, 0.3) is 0 Å². The van der Waals surface area contributed by atoms with Crippen LogP contribution in [0.15, 0.2) is 39.7 Å². The summed E-state index contributed by atoms with van der Waals surface area (Å²) in [5.74, 6) is 1.06. The number of fused-ring (bicyclic) bond motifs is 1. The van der Waals surface area contributed by atoms with Crippen molar-refractivity contribution < 1.29 is 22.1 Å². The highest BCUT2D eigenvalue weighted by Gasteiger charge is 2.24. The average Bonchev–Trinajstić information content (AvgIpc) is 3.01. The lowest BCUT2D eigenvalue weighted by Crippen LogP contribution is -2.11. The molecule has 0 saturated heterocycles. The minimum atomic E-state index is -4.00. The standard InChI is InChI=1S/C17H17BrO5S/c1-21-15-9-14(18)17(10-16(15)22-2)24(19,20)23-13-7-6-11-4-3-5-12(11)8-13/h6-10H,3-5H2,1-2H3. The van der Waals surface area contributed by atoms with Gasteiger partial charge in [-0.15, -0.1) is 0 Å². The van der Waals surface area contributed by atoms with Crippen molar-refractivity contribution in [1.82, 2.24) is 0 Å². The summed E-state index contributed by atoms with van der Waals surface area (Å²) in [6.07, 6.45) is 3.07. The quantitative estimate of drug-likeness (QED) is 0.700. The third-order valence-corrected chi connectivity index (χ3v) is 6.19. The van der Waals surface area contributed by atoms with Crippen molar-refractivity contribution in [2.45, 2.75) is 24.2 Å². The predicted octanol–water partition coefficient (Wildman–Crippen LogP) is 3.72. The molecular formula is C17H17BrO5S. The number of benzene rings is 2. The third kappa shape index (κ3) is 3.23. The topological polar surface area (TPSA) is 61.8 Å². The molecule has 3 rings (SSSR count). The molecule has 2 aromatic rings. The lowest BCUT2D eigenvalue weighted by atomic mass is 10.1. The highest BCUT2D eigenvalue weighted by Crippen LogP contribution is 2.37. The van der Waals surface area contributed by atoms with E-state index in [1.165, 1.54) is 31.9 Å². The molecule has 0 spiro atoms. The van der Waals surface area contributed by atoms with Crippen LogP contribution in [0.3, 0.4) is 0 Å². The minimum Gasteiger partial charge on any atom is -0.493 e. The summed E-state index contributed by atoms with van der Waals surface area (Å²) < 4.78 is 41.3. The molecule has 1 aliphatic rings. The van der Waals surface area contributed by atoms with Crippen molar-refractivity contribution in [3.63, 3.8) is 0 Å². The zero-order valence-corrected chi connectivity index (χ0v) is 15.7. The first kappa shape index (κ1) is 17.1. The molecule has 0 amide bonds. The molecule has 7 heteroatoms. The molecule has 0 saturated carbocycles. The smallest absolute Gasteiger partial charge is 0.340 e. The van der Waals surface area contributed by atoms with Gasteiger partial charge in [0.2, 0.25) is 0 Å². The molecule has 0 radical (unpaired) electrons. The zero-order valence-electron chi connectivity index (χ0n) is 13.3. The maximum absolute atomic E-state index is 12.6. The molecule has 0 heterocycles. The van der Waals surface area contributed by atoms with Crippen molar-refractivity contribution in [1.29, 1.82) is 0 Å². The normalized spacial score (nSPS) is 13.5. The molecule has 1 aliphatic carbocycles. The Kier molecular flexibility index (Phi) is 4.73. The molecule has 2 aromatic carbocycles. The van der Waals surface area contributed by atoms with Crippen LogP contribution in [-0.4, -0.2) is 22.6 Å². The van der Waals surface area contributed by atoms with E-state index in [2.05, 4.69) is 15.9 Å². The Hall–Kier alpha value is -1.73. The van der Waals surface area contributed by atoms with Crippen molar-refractivity contribution in [3.8, 4) is 17.2 Å². The number of hydrogen-bond donors (Lipinski definition) is 0. The second-order valence-corrected chi connectivity index (χ2v) is 7.83. The van der Waals surface area contributed by atoms with Crippen molar-refractivity contribution in [2.24, 2.45) is 0 Å². The lowest BCUT2D eigenvalue weighted by Gasteiger charge is -2.13. The summed E-state index contributed by atoms with van der Waals surface area (Å²) >= 11 is 3.26. The van der Waals surface area contributed by atoms with Gasteiger partial charge in [0.05, 0.1) is 14.2 Å². The highest BCUT2D eigenvalue weighted by atomic mass is 79.9. The highest BCUT2D eigenvalue weighted by molar-refractivity contribution is 9.10. The fourth-order valence-corrected chi connectivity index (χ4v) is 4.71. The van der Waals surface area contributed by atoms with E-state index in [4.69, 9.17) is 13.7 Å². The molecule has 0 fully saturated rings. The van der Waals surface area contributed by atoms with Gasteiger partial charge in [0.15, 0.2) is 11.5 Å². The van der Waals surface area contributed by atoms with Crippen LogP contribution in [0, 0.1) is 0 Å². The Morgan fingerprint density at radius 1 is 0.958 bits per heavy atom. The maximum Gasteiger partial charge on any atom is 0.340 e. The van der Waals surface area contributed by atoms with E-state index < -0.39 is 10.1 Å². The van der Waals surface area contributed by atoms with Crippen LogP contribution in [0.4, 0.5) is 0 Å². The summed E-state index contributed by atoms with van der Waals surface area (Å²) in [5.41, 5.74) is 2.40. The molecule has 24 heavy (non-hydrogen) atoms. The van der Waals surface area contributed by atoms with Crippen molar-refractivity contribution in [2.75, 3.05) is 14.2 Å². The Morgan fingerprint density at radius 3 is 2.33 bits per heavy atom. The molecule has 0 aromatic heterocycles. The Labute approximate surface area is 149 Å². The molecule has 0 N–H and O–H groups in total. The van der Waals surface area contributed by atoms with Gasteiger partial charge < -0.3 is 13.7 Å². The molecule has 128 valence electrons. The SMILES string of the molecule is COc1cc(Br)c(S(=O)(=O)Oc2ccc3c(c2)CCC3)cc1OC. The molecule has 5 nitrogen and oxygen atoms in total. The van der Waals surface area contributed by atoms with Gasteiger partial charge in [-0.3, -0.25) is 0 Å². The van der Waals surface area contributed by atoms with Crippen LogP contribution in [0.5, 0.6) is 17.2 Å². The van der Waals surface area contributed by atoms with Gasteiger partial charge in [-0.05, 0) is 64.5 Å². The van der Waals surface area contributed by atoms with Gasteiger partial charge in [-0.1, -0.05) is 6.07 Å². The van der Waals surface area contributed by atoms with Gasteiger partial charge >= 0.3 is 10.1 Å². The second-order valence-electron chi connectivity index (χ2n) is 5.46. The van der Waals surface area contributed by atoms with E-state index in [-0.39, 0.29) is 4.90 Å². The molecule has 0 aliphatic heterocycles. The third-order valence-electron chi connectivity index (χ3n) is 3.98. The van der Waals surface area contributed by atoms with Gasteiger partial charge in [0.25, 0.3) is 0 Å². The molecule has 0 unspecified atom stereocenters. The fourth-order valence-electron chi connectivity index (χ4n) is 2.80. The largest absolute Gasteiger partial charge is 0.493 e. The number of methoxy groups -OCH3 is 2. The van der Waals surface area contributed by atoms with Gasteiger partial charge in [-0.2, -0.15) is 8.42 Å². The van der Waals surface area contributed by atoms with E-state index in [1.807, 2.05) is 6.07 Å². The number of ether oxygens (including phenoxy) is 2. The number of rotatable bonds is 5. The number of halogens is 1. The number of aryl methyl sites for hydroxylation is 2. The van der Waals surface area contributed by atoms with Crippen LogP contribution in [0.1, 0.15) is 17.5 Å².